The molecule has 0 atom stereocenters. The highest BCUT2D eigenvalue weighted by molar-refractivity contribution is 7.94. The zero-order valence-electron chi connectivity index (χ0n) is 12.4. The average molecular weight is 368 g/mol. The molecular formula is C14H14ClN5O3S. The summed E-state index contributed by atoms with van der Waals surface area (Å²) < 4.78 is 22.6. The molecule has 8 nitrogen and oxygen atoms in total. The number of nitrogens with zero attached hydrogens (tertiary/aromatic N) is 3. The number of aromatic nitrogens is 3. The van der Waals surface area contributed by atoms with Crippen molar-refractivity contribution in [3.63, 3.8) is 0 Å². The maximum atomic E-state index is 12.1. The van der Waals surface area contributed by atoms with Crippen LogP contribution in [-0.2, 0) is 9.84 Å². The van der Waals surface area contributed by atoms with Crippen molar-refractivity contribution in [3.05, 3.63) is 53.4 Å². The second-order valence-electron chi connectivity index (χ2n) is 4.57. The van der Waals surface area contributed by atoms with Crippen LogP contribution in [0.15, 0.2) is 42.6 Å². The summed E-state index contributed by atoms with van der Waals surface area (Å²) in [6.45, 7) is 3.21. The number of anilines is 2. The average Bonchev–Trinajstić information content (AvgIpc) is 2.55. The zero-order valence-corrected chi connectivity index (χ0v) is 14.0. The molecule has 0 radical (unpaired) electrons. The lowest BCUT2D eigenvalue weighted by molar-refractivity contribution is 0.0956. The second kappa shape index (κ2) is 7.84. The Morgan fingerprint density at radius 3 is 2.83 bits per heavy atom. The Bertz CT molecular complexity index is 857. The van der Waals surface area contributed by atoms with Crippen LogP contribution in [0.5, 0.6) is 0 Å². The van der Waals surface area contributed by atoms with E-state index in [0.29, 0.717) is 11.3 Å². The molecule has 0 bridgehead atoms. The highest BCUT2D eigenvalue weighted by atomic mass is 35.5. The number of halogens is 1. The van der Waals surface area contributed by atoms with Crippen molar-refractivity contribution in [1.82, 2.24) is 20.3 Å². The minimum atomic E-state index is -3.35. The molecule has 0 unspecified atom stereocenters. The van der Waals surface area contributed by atoms with Crippen LogP contribution >= 0.6 is 11.6 Å². The highest BCUT2D eigenvalue weighted by Gasteiger charge is 2.09. The van der Waals surface area contributed by atoms with Crippen LogP contribution in [0.25, 0.3) is 0 Å². The van der Waals surface area contributed by atoms with Gasteiger partial charge in [0.15, 0.2) is 9.84 Å². The van der Waals surface area contributed by atoms with Crippen molar-refractivity contribution in [2.24, 2.45) is 0 Å². The Morgan fingerprint density at radius 2 is 2.12 bits per heavy atom. The first kappa shape index (κ1) is 17.8. The van der Waals surface area contributed by atoms with Crippen LogP contribution in [0.4, 0.5) is 11.6 Å². The number of hydrogen-bond donors (Lipinski definition) is 2. The summed E-state index contributed by atoms with van der Waals surface area (Å²) in [5, 5.41) is 6.34. The van der Waals surface area contributed by atoms with Gasteiger partial charge in [0.1, 0.15) is 6.33 Å². The summed E-state index contributed by atoms with van der Waals surface area (Å²) in [5.74, 6) is -0.361. The van der Waals surface area contributed by atoms with Gasteiger partial charge in [-0.15, -0.1) is 0 Å². The van der Waals surface area contributed by atoms with Gasteiger partial charge in [-0.3, -0.25) is 4.79 Å². The van der Waals surface area contributed by atoms with E-state index in [2.05, 4.69) is 32.2 Å². The van der Waals surface area contributed by atoms with E-state index in [4.69, 9.17) is 11.6 Å². The van der Waals surface area contributed by atoms with E-state index in [0.717, 1.165) is 5.41 Å². The molecule has 24 heavy (non-hydrogen) atoms. The second-order valence-corrected chi connectivity index (χ2v) is 6.98. The number of carbonyl (C=O) groups excluding carboxylic acids is 1. The molecule has 1 amide bonds. The summed E-state index contributed by atoms with van der Waals surface area (Å²) >= 11 is 5.68. The summed E-state index contributed by atoms with van der Waals surface area (Å²) in [5.41, 5.74) is 0.930. The maximum Gasteiger partial charge on any atom is 0.251 e. The Kier molecular flexibility index (Phi) is 5.83. The van der Waals surface area contributed by atoms with Gasteiger partial charge >= 0.3 is 0 Å². The molecule has 10 heteroatoms. The first-order chi connectivity index (χ1) is 11.4. The number of benzene rings is 1. The Morgan fingerprint density at radius 1 is 1.33 bits per heavy atom. The first-order valence-corrected chi connectivity index (χ1v) is 8.84. The first-order valence-electron chi connectivity index (χ1n) is 6.74. The van der Waals surface area contributed by atoms with Gasteiger partial charge in [0, 0.05) is 23.2 Å². The Labute approximate surface area is 143 Å². The predicted molar refractivity (Wildman–Crippen MR) is 90.9 cm³/mol. The van der Waals surface area contributed by atoms with E-state index in [1.807, 2.05) is 0 Å². The minimum absolute atomic E-state index is 0.00604. The van der Waals surface area contributed by atoms with Crippen LogP contribution < -0.4 is 10.6 Å². The quantitative estimate of drug-likeness (QED) is 0.763. The van der Waals surface area contributed by atoms with Crippen molar-refractivity contribution < 1.29 is 13.2 Å². The number of carbonyl (C=O) groups is 1. The smallest absolute Gasteiger partial charge is 0.251 e. The Balaban J connectivity index is 2.01. The largest absolute Gasteiger partial charge is 0.351 e. The molecule has 0 aliphatic rings. The molecule has 1 aromatic carbocycles. The third kappa shape index (κ3) is 5.28. The molecule has 2 aromatic rings. The summed E-state index contributed by atoms with van der Waals surface area (Å²) in [7, 11) is -3.35. The van der Waals surface area contributed by atoms with E-state index in [9.17, 15) is 13.2 Å². The van der Waals surface area contributed by atoms with Gasteiger partial charge in [-0.2, -0.15) is 4.98 Å². The molecule has 0 spiro atoms. The number of rotatable bonds is 7. The molecule has 126 valence electrons. The van der Waals surface area contributed by atoms with E-state index in [1.165, 1.54) is 6.33 Å². The molecule has 0 saturated carbocycles. The lowest BCUT2D eigenvalue weighted by Crippen LogP contribution is -2.28. The standard InChI is InChI=1S/C14H14ClN5O3S/c1-2-24(22,23)7-6-16-12(21)10-4-3-5-11(8-10)19-14-18-9-17-13(15)20-14/h2-5,8-9H,1,6-7H2,(H,16,21)(H,17,18,19,20). The van der Waals surface area contributed by atoms with Gasteiger partial charge in [0.05, 0.1) is 5.75 Å². The molecule has 2 N–H and O–H groups in total. The van der Waals surface area contributed by atoms with E-state index in [1.54, 1.807) is 24.3 Å². The fourth-order valence-electron chi connectivity index (χ4n) is 1.70. The number of nitrogens with one attached hydrogen (secondary N) is 2. The topological polar surface area (TPSA) is 114 Å². The normalized spacial score (nSPS) is 10.9. The molecule has 0 aliphatic heterocycles. The summed E-state index contributed by atoms with van der Waals surface area (Å²) in [4.78, 5) is 23.5. The van der Waals surface area contributed by atoms with Crippen molar-refractivity contribution in [2.75, 3.05) is 17.6 Å². The number of amides is 1. The van der Waals surface area contributed by atoms with Gasteiger partial charge in [-0.25, -0.2) is 18.4 Å². The highest BCUT2D eigenvalue weighted by Crippen LogP contribution is 2.15. The van der Waals surface area contributed by atoms with Gasteiger partial charge in [-0.05, 0) is 29.8 Å². The van der Waals surface area contributed by atoms with Gasteiger partial charge < -0.3 is 10.6 Å². The van der Waals surface area contributed by atoms with Crippen LogP contribution in [0.2, 0.25) is 5.28 Å². The molecule has 0 saturated heterocycles. The van der Waals surface area contributed by atoms with Gasteiger partial charge in [0.2, 0.25) is 11.2 Å². The molecule has 1 aromatic heterocycles. The zero-order chi connectivity index (χ0) is 17.6. The monoisotopic (exact) mass is 367 g/mol. The number of hydrogen-bond acceptors (Lipinski definition) is 7. The van der Waals surface area contributed by atoms with Crippen molar-refractivity contribution in [3.8, 4) is 0 Å². The van der Waals surface area contributed by atoms with Crippen LogP contribution in [0, 0.1) is 0 Å². The third-order valence-corrected chi connectivity index (χ3v) is 4.31. The van der Waals surface area contributed by atoms with Crippen molar-refractivity contribution >= 4 is 39.0 Å². The molecule has 1 heterocycles. The predicted octanol–water partition coefficient (Wildman–Crippen LogP) is 1.56. The fourth-order valence-corrected chi connectivity index (χ4v) is 2.37. The lowest BCUT2D eigenvalue weighted by Gasteiger charge is -2.08. The molecule has 2 rings (SSSR count). The van der Waals surface area contributed by atoms with E-state index < -0.39 is 15.7 Å². The van der Waals surface area contributed by atoms with E-state index in [-0.39, 0.29) is 23.5 Å². The molecule has 0 fully saturated rings. The third-order valence-electron chi connectivity index (χ3n) is 2.85. The Hall–Kier alpha value is -2.52. The molecular weight excluding hydrogens is 354 g/mol. The van der Waals surface area contributed by atoms with Crippen molar-refractivity contribution in [2.45, 2.75) is 0 Å². The van der Waals surface area contributed by atoms with Crippen LogP contribution in [0.1, 0.15) is 10.4 Å². The SMILES string of the molecule is C=CS(=O)(=O)CCNC(=O)c1cccc(Nc2ncnc(Cl)n2)c1. The van der Waals surface area contributed by atoms with E-state index >= 15 is 0 Å². The maximum absolute atomic E-state index is 12.1. The number of sulfone groups is 1. The minimum Gasteiger partial charge on any atom is -0.351 e. The summed E-state index contributed by atoms with van der Waals surface area (Å²) in [6, 6.07) is 6.56. The van der Waals surface area contributed by atoms with Crippen molar-refractivity contribution in [1.29, 1.82) is 0 Å². The molecule has 0 aliphatic carbocycles. The van der Waals surface area contributed by atoms with Crippen LogP contribution in [0.3, 0.4) is 0 Å². The van der Waals surface area contributed by atoms with Gasteiger partial charge in [-0.1, -0.05) is 12.6 Å². The lowest BCUT2D eigenvalue weighted by atomic mass is 10.2. The van der Waals surface area contributed by atoms with Crippen LogP contribution in [-0.4, -0.2) is 41.6 Å². The van der Waals surface area contributed by atoms with Gasteiger partial charge in [0.25, 0.3) is 5.91 Å². The summed E-state index contributed by atoms with van der Waals surface area (Å²) in [6.07, 6.45) is 1.26. The fraction of sp³-hybridized carbons (Fsp3) is 0.143.